The van der Waals surface area contributed by atoms with Crippen molar-refractivity contribution in [1.29, 1.82) is 0 Å². The summed E-state index contributed by atoms with van der Waals surface area (Å²) < 4.78 is 13.6. The summed E-state index contributed by atoms with van der Waals surface area (Å²) in [7, 11) is 1.48. The van der Waals surface area contributed by atoms with Crippen LogP contribution in [0, 0.1) is 21.3 Å². The van der Waals surface area contributed by atoms with Gasteiger partial charge in [-0.05, 0) is 18.4 Å². The predicted octanol–water partition coefficient (Wildman–Crippen LogP) is 2.94. The fourth-order valence-corrected chi connectivity index (χ4v) is 1.58. The first kappa shape index (κ1) is 16.9. The van der Waals surface area contributed by atoms with E-state index in [1.54, 1.807) is 0 Å². The molecule has 1 unspecified atom stereocenters. The molecule has 0 spiro atoms. The topological polar surface area (TPSA) is 84.3 Å². The molecule has 0 aromatic heterocycles. The number of anilines is 1. The number of hydrogen-bond acceptors (Lipinski definition) is 4. The van der Waals surface area contributed by atoms with E-state index in [2.05, 4.69) is 10.6 Å². The van der Waals surface area contributed by atoms with E-state index in [0.29, 0.717) is 0 Å². The molecule has 21 heavy (non-hydrogen) atoms. The number of rotatable bonds is 4. The summed E-state index contributed by atoms with van der Waals surface area (Å²) in [5.74, 6) is -1.37. The molecule has 0 aliphatic carbocycles. The van der Waals surface area contributed by atoms with Crippen molar-refractivity contribution in [3.05, 3.63) is 33.6 Å². The lowest BCUT2D eigenvalue weighted by molar-refractivity contribution is -0.385. The van der Waals surface area contributed by atoms with Gasteiger partial charge in [0.2, 0.25) is 0 Å². The summed E-state index contributed by atoms with van der Waals surface area (Å²) in [6.45, 7) is 7.63. The van der Waals surface area contributed by atoms with Crippen LogP contribution < -0.4 is 10.6 Å². The highest BCUT2D eigenvalue weighted by Crippen LogP contribution is 2.27. The van der Waals surface area contributed by atoms with Crippen LogP contribution in [0.25, 0.3) is 0 Å². The van der Waals surface area contributed by atoms with Gasteiger partial charge in [0.25, 0.3) is 11.6 Å². The molecular formula is C14H20FN3O3. The molecule has 0 fully saturated rings. The minimum atomic E-state index is -0.774. The minimum Gasteiger partial charge on any atom is -0.386 e. The Bertz CT molecular complexity index is 567. The molecule has 0 aliphatic heterocycles. The number of nitrogens with one attached hydrogen (secondary N) is 2. The number of nitro groups is 1. The molecule has 0 saturated heterocycles. The number of halogens is 1. The number of nitro benzene ring substituents is 1. The van der Waals surface area contributed by atoms with Crippen molar-refractivity contribution in [3.8, 4) is 0 Å². The van der Waals surface area contributed by atoms with Gasteiger partial charge in [0, 0.05) is 13.1 Å². The quantitative estimate of drug-likeness (QED) is 0.661. The molecule has 2 N–H and O–H groups in total. The van der Waals surface area contributed by atoms with Crippen molar-refractivity contribution in [2.45, 2.75) is 33.7 Å². The van der Waals surface area contributed by atoms with Crippen molar-refractivity contribution in [1.82, 2.24) is 5.32 Å². The molecule has 0 heterocycles. The number of amides is 1. The molecule has 0 radical (unpaired) electrons. The molecule has 1 atom stereocenters. The Labute approximate surface area is 122 Å². The Morgan fingerprint density at radius 2 is 1.95 bits per heavy atom. The molecule has 116 valence electrons. The summed E-state index contributed by atoms with van der Waals surface area (Å²) >= 11 is 0. The number of benzene rings is 1. The standard InChI is InChI=1S/C14H20FN3O3/c1-8(14(2,3)4)17-13(19)9-6-11(16-5)10(15)7-12(9)18(20)21/h6-8,16H,1-5H3,(H,17,19). The van der Waals surface area contributed by atoms with E-state index in [1.807, 2.05) is 27.7 Å². The highest BCUT2D eigenvalue weighted by atomic mass is 19.1. The second-order valence-corrected chi connectivity index (χ2v) is 5.92. The van der Waals surface area contributed by atoms with E-state index in [1.165, 1.54) is 7.05 Å². The molecule has 6 nitrogen and oxygen atoms in total. The van der Waals surface area contributed by atoms with Gasteiger partial charge in [-0.2, -0.15) is 0 Å². The fraction of sp³-hybridized carbons (Fsp3) is 0.500. The lowest BCUT2D eigenvalue weighted by atomic mass is 9.88. The Hall–Kier alpha value is -2.18. The van der Waals surface area contributed by atoms with Gasteiger partial charge in [0.1, 0.15) is 5.56 Å². The molecule has 1 amide bonds. The van der Waals surface area contributed by atoms with Crippen LogP contribution in [0.2, 0.25) is 0 Å². The third kappa shape index (κ3) is 3.90. The zero-order valence-corrected chi connectivity index (χ0v) is 12.8. The molecule has 0 bridgehead atoms. The van der Waals surface area contributed by atoms with Crippen molar-refractivity contribution in [2.24, 2.45) is 5.41 Å². The van der Waals surface area contributed by atoms with E-state index in [9.17, 15) is 19.3 Å². The van der Waals surface area contributed by atoms with Gasteiger partial charge in [-0.15, -0.1) is 0 Å². The number of carbonyl (C=O) groups excluding carboxylic acids is 1. The van der Waals surface area contributed by atoms with Crippen LogP contribution >= 0.6 is 0 Å². The van der Waals surface area contributed by atoms with Crippen LogP contribution in [0.3, 0.4) is 0 Å². The summed E-state index contributed by atoms with van der Waals surface area (Å²) in [6, 6.07) is 1.70. The average Bonchev–Trinajstić information content (AvgIpc) is 2.36. The summed E-state index contributed by atoms with van der Waals surface area (Å²) in [5, 5.41) is 16.3. The lowest BCUT2D eigenvalue weighted by Crippen LogP contribution is -2.41. The Kier molecular flexibility index (Phi) is 4.88. The van der Waals surface area contributed by atoms with Gasteiger partial charge in [-0.1, -0.05) is 20.8 Å². The van der Waals surface area contributed by atoms with Crippen LogP contribution in [0.4, 0.5) is 15.8 Å². The van der Waals surface area contributed by atoms with Gasteiger partial charge < -0.3 is 10.6 Å². The molecule has 1 aromatic carbocycles. The van der Waals surface area contributed by atoms with Crippen molar-refractivity contribution >= 4 is 17.3 Å². The summed E-state index contributed by atoms with van der Waals surface area (Å²) in [6.07, 6.45) is 0. The molecule has 0 saturated carbocycles. The summed E-state index contributed by atoms with van der Waals surface area (Å²) in [4.78, 5) is 22.5. The highest BCUT2D eigenvalue weighted by molar-refractivity contribution is 5.99. The van der Waals surface area contributed by atoms with Crippen LogP contribution in [0.1, 0.15) is 38.1 Å². The van der Waals surface area contributed by atoms with Crippen molar-refractivity contribution in [3.63, 3.8) is 0 Å². The van der Waals surface area contributed by atoms with Crippen LogP contribution in [0.15, 0.2) is 12.1 Å². The largest absolute Gasteiger partial charge is 0.386 e. The fourth-order valence-electron chi connectivity index (χ4n) is 1.58. The SMILES string of the molecule is CNc1cc(C(=O)NC(C)C(C)(C)C)c([N+](=O)[O-])cc1F. The smallest absolute Gasteiger partial charge is 0.285 e. The Morgan fingerprint density at radius 3 is 2.38 bits per heavy atom. The van der Waals surface area contributed by atoms with E-state index in [-0.39, 0.29) is 22.7 Å². The molecule has 7 heteroatoms. The monoisotopic (exact) mass is 297 g/mol. The zero-order valence-electron chi connectivity index (χ0n) is 12.8. The first-order chi connectivity index (χ1) is 9.57. The van der Waals surface area contributed by atoms with E-state index in [0.717, 1.165) is 12.1 Å². The van der Waals surface area contributed by atoms with Crippen LogP contribution in [0.5, 0.6) is 0 Å². The van der Waals surface area contributed by atoms with Gasteiger partial charge >= 0.3 is 0 Å². The van der Waals surface area contributed by atoms with Gasteiger partial charge in [-0.25, -0.2) is 4.39 Å². The maximum atomic E-state index is 13.6. The van der Waals surface area contributed by atoms with Gasteiger partial charge in [0.15, 0.2) is 5.82 Å². The second-order valence-electron chi connectivity index (χ2n) is 5.92. The highest BCUT2D eigenvalue weighted by Gasteiger charge is 2.27. The molecular weight excluding hydrogens is 277 g/mol. The second kappa shape index (κ2) is 6.07. The number of hydrogen-bond donors (Lipinski definition) is 2. The maximum absolute atomic E-state index is 13.6. The van der Waals surface area contributed by atoms with Gasteiger partial charge in [-0.3, -0.25) is 14.9 Å². The normalized spacial score (nSPS) is 12.7. The van der Waals surface area contributed by atoms with E-state index < -0.39 is 22.3 Å². The van der Waals surface area contributed by atoms with Gasteiger partial charge in [0.05, 0.1) is 16.7 Å². The summed E-state index contributed by atoms with van der Waals surface area (Å²) in [5.41, 5.74) is -0.878. The molecule has 1 rings (SSSR count). The maximum Gasteiger partial charge on any atom is 0.285 e. The molecule has 1 aromatic rings. The van der Waals surface area contributed by atoms with Crippen molar-refractivity contribution in [2.75, 3.05) is 12.4 Å². The average molecular weight is 297 g/mol. The van der Waals surface area contributed by atoms with E-state index in [4.69, 9.17) is 0 Å². The first-order valence-electron chi connectivity index (χ1n) is 6.54. The predicted molar refractivity (Wildman–Crippen MR) is 79.0 cm³/mol. The number of carbonyl (C=O) groups is 1. The third-order valence-corrected chi connectivity index (χ3v) is 3.44. The minimum absolute atomic E-state index is 0.0363. The zero-order chi connectivity index (χ0) is 16.4. The third-order valence-electron chi connectivity index (χ3n) is 3.44. The molecule has 0 aliphatic rings. The van der Waals surface area contributed by atoms with Crippen molar-refractivity contribution < 1.29 is 14.1 Å². The first-order valence-corrected chi connectivity index (χ1v) is 6.54. The van der Waals surface area contributed by atoms with Crippen LogP contribution in [-0.4, -0.2) is 23.9 Å². The Morgan fingerprint density at radius 1 is 1.38 bits per heavy atom. The van der Waals surface area contributed by atoms with Crippen LogP contribution in [-0.2, 0) is 0 Å². The Balaban J connectivity index is 3.21. The lowest BCUT2D eigenvalue weighted by Gasteiger charge is -2.28. The van der Waals surface area contributed by atoms with E-state index >= 15 is 0 Å². The number of nitrogens with zero attached hydrogens (tertiary/aromatic N) is 1.